The largest absolute Gasteiger partial charge is 0.494 e. The lowest BCUT2D eigenvalue weighted by atomic mass is 9.83. The van der Waals surface area contributed by atoms with Crippen LogP contribution in [0.4, 0.5) is 4.39 Å². The van der Waals surface area contributed by atoms with Gasteiger partial charge < -0.3 is 24.7 Å². The van der Waals surface area contributed by atoms with Gasteiger partial charge in [-0.15, -0.1) is 0 Å². The van der Waals surface area contributed by atoms with E-state index in [9.17, 15) is 14.4 Å². The molecule has 184 valence electrons. The number of carbonyl (C=O) groups excluding carboxylic acids is 1. The maximum absolute atomic E-state index is 13.0. The molecule has 1 atom stereocenters. The molecule has 3 aromatic carbocycles. The third-order valence-corrected chi connectivity index (χ3v) is 5.57. The first kappa shape index (κ1) is 24.6. The molecule has 3 aromatic rings. The van der Waals surface area contributed by atoms with Crippen molar-refractivity contribution in [3.05, 3.63) is 95.1 Å². The maximum Gasteiger partial charge on any atom is 0.349 e. The summed E-state index contributed by atoms with van der Waals surface area (Å²) in [4.78, 5) is 12.2. The molecule has 0 saturated heterocycles. The summed E-state index contributed by atoms with van der Waals surface area (Å²) >= 11 is 0. The van der Waals surface area contributed by atoms with E-state index >= 15 is 0 Å². The SMILES string of the molecule is CCCCOc1ccc(C2C(C#N)=C(N)Oc3cc(OC(=O)COc4ccc(F)cc4)ccc32)cc1. The zero-order valence-electron chi connectivity index (χ0n) is 19.7. The van der Waals surface area contributed by atoms with Crippen molar-refractivity contribution in [1.82, 2.24) is 0 Å². The van der Waals surface area contributed by atoms with E-state index in [1.165, 1.54) is 24.3 Å². The van der Waals surface area contributed by atoms with Crippen LogP contribution in [0, 0.1) is 17.1 Å². The summed E-state index contributed by atoms with van der Waals surface area (Å²) < 4.78 is 35.1. The average molecular weight is 489 g/mol. The van der Waals surface area contributed by atoms with Crippen molar-refractivity contribution in [3.63, 3.8) is 0 Å². The van der Waals surface area contributed by atoms with E-state index in [4.69, 9.17) is 24.7 Å². The minimum Gasteiger partial charge on any atom is -0.494 e. The van der Waals surface area contributed by atoms with E-state index in [1.54, 1.807) is 18.2 Å². The molecule has 1 aliphatic rings. The van der Waals surface area contributed by atoms with Crippen LogP contribution < -0.4 is 24.7 Å². The van der Waals surface area contributed by atoms with Crippen molar-refractivity contribution in [2.75, 3.05) is 13.2 Å². The molecule has 2 N–H and O–H groups in total. The number of carbonyl (C=O) groups is 1. The number of nitrogens with two attached hydrogens (primary N) is 1. The molecule has 0 spiro atoms. The summed E-state index contributed by atoms with van der Waals surface area (Å²) in [5, 5.41) is 9.76. The molecule has 0 aromatic heterocycles. The molecule has 7 nitrogen and oxygen atoms in total. The van der Waals surface area contributed by atoms with Crippen molar-refractivity contribution in [3.8, 4) is 29.1 Å². The van der Waals surface area contributed by atoms with Crippen LogP contribution in [0.1, 0.15) is 36.8 Å². The maximum atomic E-state index is 13.0. The Kier molecular flexibility index (Phi) is 7.71. The zero-order valence-corrected chi connectivity index (χ0v) is 19.7. The molecule has 1 heterocycles. The Morgan fingerprint density at radius 3 is 2.39 bits per heavy atom. The molecule has 36 heavy (non-hydrogen) atoms. The van der Waals surface area contributed by atoms with Crippen LogP contribution in [0.15, 0.2) is 78.2 Å². The number of esters is 1. The van der Waals surface area contributed by atoms with Crippen LogP contribution in [-0.2, 0) is 4.79 Å². The summed E-state index contributed by atoms with van der Waals surface area (Å²) in [5.74, 6) is 0.190. The highest BCUT2D eigenvalue weighted by molar-refractivity contribution is 5.74. The van der Waals surface area contributed by atoms with Gasteiger partial charge in [-0.25, -0.2) is 9.18 Å². The fourth-order valence-electron chi connectivity index (χ4n) is 3.77. The van der Waals surface area contributed by atoms with Gasteiger partial charge in [0.1, 0.15) is 40.5 Å². The van der Waals surface area contributed by atoms with Gasteiger partial charge in [-0.05, 0) is 54.4 Å². The summed E-state index contributed by atoms with van der Waals surface area (Å²) in [5.41, 5.74) is 7.92. The second-order valence-corrected chi connectivity index (χ2v) is 8.11. The van der Waals surface area contributed by atoms with Crippen LogP contribution in [0.2, 0.25) is 0 Å². The Bertz CT molecular complexity index is 1300. The van der Waals surface area contributed by atoms with Crippen LogP contribution in [0.5, 0.6) is 23.0 Å². The van der Waals surface area contributed by atoms with Crippen LogP contribution in [0.25, 0.3) is 0 Å². The summed E-state index contributed by atoms with van der Waals surface area (Å²) in [6, 6.07) is 19.9. The van der Waals surface area contributed by atoms with Crippen LogP contribution in [-0.4, -0.2) is 19.2 Å². The predicted octanol–water partition coefficient (Wildman–Crippen LogP) is 5.21. The predicted molar refractivity (Wildman–Crippen MR) is 130 cm³/mol. The number of fused-ring (bicyclic) bond motifs is 1. The quantitative estimate of drug-likeness (QED) is 0.251. The highest BCUT2D eigenvalue weighted by atomic mass is 19.1. The van der Waals surface area contributed by atoms with E-state index in [1.807, 2.05) is 24.3 Å². The van der Waals surface area contributed by atoms with Gasteiger partial charge in [-0.3, -0.25) is 0 Å². The lowest BCUT2D eigenvalue weighted by Gasteiger charge is -2.26. The molecule has 0 saturated carbocycles. The van der Waals surface area contributed by atoms with Crippen molar-refractivity contribution >= 4 is 5.97 Å². The van der Waals surface area contributed by atoms with Gasteiger partial charge in [0.2, 0.25) is 5.88 Å². The van der Waals surface area contributed by atoms with Crippen LogP contribution in [0.3, 0.4) is 0 Å². The molecule has 0 fully saturated rings. The van der Waals surface area contributed by atoms with Gasteiger partial charge in [0.05, 0.1) is 12.5 Å². The van der Waals surface area contributed by atoms with Crippen molar-refractivity contribution in [2.24, 2.45) is 5.73 Å². The smallest absolute Gasteiger partial charge is 0.349 e. The second kappa shape index (κ2) is 11.3. The minimum absolute atomic E-state index is 0.0126. The van der Waals surface area contributed by atoms with Gasteiger partial charge in [0.15, 0.2) is 6.61 Å². The lowest BCUT2D eigenvalue weighted by Crippen LogP contribution is -2.21. The van der Waals surface area contributed by atoms with E-state index in [2.05, 4.69) is 13.0 Å². The van der Waals surface area contributed by atoms with Gasteiger partial charge >= 0.3 is 5.97 Å². The Hall–Kier alpha value is -4.51. The van der Waals surface area contributed by atoms with Gasteiger partial charge in [0, 0.05) is 11.6 Å². The molecular formula is C28H25FN2O5. The second-order valence-electron chi connectivity index (χ2n) is 8.11. The standard InChI is InChI=1S/C28H25FN2O5/c1-2-3-14-33-20-8-4-18(5-9-20)27-23-13-12-22(15-25(23)36-28(31)24(27)16-30)35-26(32)17-34-21-10-6-19(29)7-11-21/h4-13,15,27H,2-3,14,17,31H2,1H3. The molecular weight excluding hydrogens is 463 g/mol. The number of unbranched alkanes of at least 4 members (excludes halogenated alkanes) is 1. The topological polar surface area (TPSA) is 104 Å². The Balaban J connectivity index is 1.50. The molecule has 0 amide bonds. The number of rotatable bonds is 9. The van der Waals surface area contributed by atoms with E-state index in [0.29, 0.717) is 29.2 Å². The number of allylic oxidation sites excluding steroid dienone is 1. The number of nitriles is 1. The number of halogens is 1. The molecule has 0 bridgehead atoms. The van der Waals surface area contributed by atoms with E-state index in [0.717, 1.165) is 24.2 Å². The van der Waals surface area contributed by atoms with Gasteiger partial charge in [-0.1, -0.05) is 31.5 Å². The minimum atomic E-state index is -0.647. The Morgan fingerprint density at radius 2 is 1.69 bits per heavy atom. The number of benzene rings is 3. The molecule has 8 heteroatoms. The fourth-order valence-corrected chi connectivity index (χ4v) is 3.77. The van der Waals surface area contributed by atoms with Gasteiger partial charge in [0.25, 0.3) is 0 Å². The third kappa shape index (κ3) is 5.76. The summed E-state index contributed by atoms with van der Waals surface area (Å²) in [6.45, 7) is 2.38. The van der Waals surface area contributed by atoms with Gasteiger partial charge in [-0.2, -0.15) is 5.26 Å². The highest BCUT2D eigenvalue weighted by Crippen LogP contribution is 2.43. The third-order valence-electron chi connectivity index (χ3n) is 5.57. The Labute approximate surface area is 208 Å². The first-order valence-electron chi connectivity index (χ1n) is 11.5. The molecule has 0 aliphatic carbocycles. The van der Waals surface area contributed by atoms with Crippen molar-refractivity contribution in [2.45, 2.75) is 25.7 Å². The normalized spacial score (nSPS) is 14.3. The highest BCUT2D eigenvalue weighted by Gasteiger charge is 2.31. The fraction of sp³-hybridized carbons (Fsp3) is 0.214. The van der Waals surface area contributed by atoms with E-state index in [-0.39, 0.29) is 18.2 Å². The zero-order chi connectivity index (χ0) is 25.5. The number of hydrogen-bond donors (Lipinski definition) is 1. The number of hydrogen-bond acceptors (Lipinski definition) is 7. The molecule has 4 rings (SSSR count). The summed E-state index contributed by atoms with van der Waals surface area (Å²) in [6.07, 6.45) is 2.02. The first-order chi connectivity index (χ1) is 17.5. The lowest BCUT2D eigenvalue weighted by molar-refractivity contribution is -0.136. The van der Waals surface area contributed by atoms with Crippen molar-refractivity contribution < 1.29 is 28.1 Å². The number of nitrogens with zero attached hydrogens (tertiary/aromatic N) is 1. The molecule has 1 unspecified atom stereocenters. The number of ether oxygens (including phenoxy) is 4. The first-order valence-corrected chi connectivity index (χ1v) is 11.5. The monoisotopic (exact) mass is 488 g/mol. The molecule has 1 aliphatic heterocycles. The van der Waals surface area contributed by atoms with Crippen LogP contribution >= 0.6 is 0 Å². The summed E-state index contributed by atoms with van der Waals surface area (Å²) in [7, 11) is 0. The van der Waals surface area contributed by atoms with E-state index < -0.39 is 17.7 Å². The Morgan fingerprint density at radius 1 is 1.03 bits per heavy atom. The molecule has 0 radical (unpaired) electrons. The average Bonchev–Trinajstić information content (AvgIpc) is 2.88. The van der Waals surface area contributed by atoms with Crippen molar-refractivity contribution in [1.29, 1.82) is 5.26 Å².